The van der Waals surface area contributed by atoms with Crippen LogP contribution >= 0.6 is 12.4 Å². The summed E-state index contributed by atoms with van der Waals surface area (Å²) in [5, 5.41) is 2.52. The highest BCUT2D eigenvalue weighted by Gasteiger charge is 2.32. The zero-order valence-corrected chi connectivity index (χ0v) is 11.7. The van der Waals surface area contributed by atoms with E-state index >= 15 is 0 Å². The molecule has 1 heterocycles. The van der Waals surface area contributed by atoms with Gasteiger partial charge in [0.25, 0.3) is 0 Å². The second-order valence-electron chi connectivity index (χ2n) is 4.07. The molecule has 21 heavy (non-hydrogen) atoms. The second-order valence-corrected chi connectivity index (χ2v) is 4.07. The van der Waals surface area contributed by atoms with Crippen molar-refractivity contribution in [1.82, 2.24) is 5.32 Å². The molecule has 118 valence electrons. The first kappa shape index (κ1) is 17.2. The van der Waals surface area contributed by atoms with Crippen LogP contribution in [-0.2, 0) is 4.74 Å². The Morgan fingerprint density at radius 2 is 2.10 bits per heavy atom. The molecule has 1 aliphatic heterocycles. The van der Waals surface area contributed by atoms with Crippen molar-refractivity contribution in [3.63, 3.8) is 0 Å². The highest BCUT2D eigenvalue weighted by molar-refractivity contribution is 5.85. The van der Waals surface area contributed by atoms with Crippen LogP contribution in [0.15, 0.2) is 18.2 Å². The van der Waals surface area contributed by atoms with E-state index in [1.165, 1.54) is 19.2 Å². The van der Waals surface area contributed by atoms with Gasteiger partial charge in [0.2, 0.25) is 0 Å². The van der Waals surface area contributed by atoms with Gasteiger partial charge in [0.15, 0.2) is 0 Å². The summed E-state index contributed by atoms with van der Waals surface area (Å²) in [6.07, 6.45) is -4.96. The van der Waals surface area contributed by atoms with Gasteiger partial charge >= 0.3 is 12.5 Å². The first-order valence-electron chi connectivity index (χ1n) is 5.76. The summed E-state index contributed by atoms with van der Waals surface area (Å²) in [5.74, 6) is 0.000709. The SMILES string of the molecule is COc1ccc(OC(F)(F)F)cc1[C@H]1CCOC(=O)N1.Cl. The van der Waals surface area contributed by atoms with Crippen LogP contribution in [-0.4, -0.2) is 26.2 Å². The van der Waals surface area contributed by atoms with E-state index in [0.29, 0.717) is 17.7 Å². The lowest BCUT2D eigenvalue weighted by Gasteiger charge is -2.25. The van der Waals surface area contributed by atoms with Crippen LogP contribution in [0.2, 0.25) is 0 Å². The molecule has 0 aliphatic carbocycles. The molecule has 0 unspecified atom stereocenters. The van der Waals surface area contributed by atoms with Gasteiger partial charge in [0.1, 0.15) is 11.5 Å². The Labute approximate surface area is 124 Å². The molecule has 0 spiro atoms. The Morgan fingerprint density at radius 1 is 1.38 bits per heavy atom. The third kappa shape index (κ3) is 4.59. The molecule has 9 heteroatoms. The molecule has 1 amide bonds. The lowest BCUT2D eigenvalue weighted by Crippen LogP contribution is -2.35. The number of amides is 1. The Hall–Kier alpha value is -1.83. The van der Waals surface area contributed by atoms with Crippen LogP contribution in [0.3, 0.4) is 0 Å². The number of carbonyl (C=O) groups excluding carboxylic acids is 1. The number of cyclic esters (lactones) is 1. The Bertz CT molecular complexity index is 510. The third-order valence-corrected chi connectivity index (χ3v) is 2.74. The highest BCUT2D eigenvalue weighted by Crippen LogP contribution is 2.34. The first-order valence-corrected chi connectivity index (χ1v) is 5.76. The number of alkyl carbamates (subject to hydrolysis) is 1. The minimum Gasteiger partial charge on any atom is -0.496 e. The van der Waals surface area contributed by atoms with E-state index in [-0.39, 0.29) is 24.8 Å². The highest BCUT2D eigenvalue weighted by atomic mass is 35.5. The maximum Gasteiger partial charge on any atom is 0.573 e. The summed E-state index contributed by atoms with van der Waals surface area (Å²) in [6, 6.07) is 3.22. The smallest absolute Gasteiger partial charge is 0.496 e. The monoisotopic (exact) mass is 327 g/mol. The van der Waals surface area contributed by atoms with Crippen LogP contribution in [0.5, 0.6) is 11.5 Å². The van der Waals surface area contributed by atoms with Gasteiger partial charge in [-0.05, 0) is 18.2 Å². The largest absolute Gasteiger partial charge is 0.573 e. The lowest BCUT2D eigenvalue weighted by atomic mass is 10.0. The predicted molar refractivity (Wildman–Crippen MR) is 68.8 cm³/mol. The maximum absolute atomic E-state index is 12.2. The van der Waals surface area contributed by atoms with Gasteiger partial charge < -0.3 is 19.5 Å². The van der Waals surface area contributed by atoms with Crippen molar-refractivity contribution in [2.45, 2.75) is 18.8 Å². The minimum absolute atomic E-state index is 0. The number of ether oxygens (including phenoxy) is 3. The summed E-state index contributed by atoms with van der Waals surface area (Å²) in [6.45, 7) is 0.185. The molecule has 0 bridgehead atoms. The molecule has 1 aromatic rings. The van der Waals surface area contributed by atoms with E-state index in [1.807, 2.05) is 0 Å². The Morgan fingerprint density at radius 3 is 2.67 bits per heavy atom. The molecule has 1 fully saturated rings. The standard InChI is InChI=1S/C12H12F3NO4.ClH/c1-18-10-3-2-7(20-12(13,14)15)6-8(10)9-4-5-19-11(17)16-9;/h2-3,6,9H,4-5H2,1H3,(H,16,17);1H/t9-;/m1./s1. The quantitative estimate of drug-likeness (QED) is 0.926. The second kappa shape index (κ2) is 6.75. The van der Waals surface area contributed by atoms with Crippen molar-refractivity contribution in [1.29, 1.82) is 0 Å². The fourth-order valence-electron chi connectivity index (χ4n) is 1.94. The summed E-state index contributed by atoms with van der Waals surface area (Å²) in [4.78, 5) is 11.2. The Kier molecular flexibility index (Phi) is 5.54. The van der Waals surface area contributed by atoms with Crippen molar-refractivity contribution in [2.75, 3.05) is 13.7 Å². The third-order valence-electron chi connectivity index (χ3n) is 2.74. The average molecular weight is 328 g/mol. The zero-order chi connectivity index (χ0) is 14.8. The number of alkyl halides is 3. The fraction of sp³-hybridized carbons (Fsp3) is 0.417. The van der Waals surface area contributed by atoms with Gasteiger partial charge in [-0.15, -0.1) is 25.6 Å². The topological polar surface area (TPSA) is 56.8 Å². The van der Waals surface area contributed by atoms with E-state index in [9.17, 15) is 18.0 Å². The molecular formula is C12H13ClF3NO4. The van der Waals surface area contributed by atoms with Gasteiger partial charge in [-0.1, -0.05) is 0 Å². The summed E-state index contributed by atoms with van der Waals surface area (Å²) in [5.41, 5.74) is 0.408. The van der Waals surface area contributed by atoms with Crippen LogP contribution < -0.4 is 14.8 Å². The molecule has 2 rings (SSSR count). The number of methoxy groups -OCH3 is 1. The number of benzene rings is 1. The Balaban J connectivity index is 0.00000220. The molecule has 5 nitrogen and oxygen atoms in total. The van der Waals surface area contributed by atoms with E-state index < -0.39 is 18.5 Å². The molecule has 0 aromatic heterocycles. The van der Waals surface area contributed by atoms with Crippen molar-refractivity contribution in [3.8, 4) is 11.5 Å². The van der Waals surface area contributed by atoms with E-state index in [2.05, 4.69) is 10.1 Å². The number of carbonyl (C=O) groups is 1. The molecule has 1 atom stereocenters. The average Bonchev–Trinajstić information content (AvgIpc) is 2.37. The molecule has 1 saturated heterocycles. The van der Waals surface area contributed by atoms with Crippen molar-refractivity contribution >= 4 is 18.5 Å². The van der Waals surface area contributed by atoms with E-state index in [1.54, 1.807) is 0 Å². The summed E-state index contributed by atoms with van der Waals surface area (Å²) < 4.78 is 50.3. The van der Waals surface area contributed by atoms with Gasteiger partial charge in [-0.25, -0.2) is 4.79 Å². The van der Waals surface area contributed by atoms with Crippen LogP contribution in [0.1, 0.15) is 18.0 Å². The molecule has 0 radical (unpaired) electrons. The van der Waals surface area contributed by atoms with Crippen molar-refractivity contribution in [3.05, 3.63) is 23.8 Å². The lowest BCUT2D eigenvalue weighted by molar-refractivity contribution is -0.274. The predicted octanol–water partition coefficient (Wildman–Crippen LogP) is 3.19. The van der Waals surface area contributed by atoms with Crippen molar-refractivity contribution < 1.29 is 32.2 Å². The molecule has 1 aromatic carbocycles. The number of nitrogens with one attached hydrogen (secondary N) is 1. The summed E-state index contributed by atoms with van der Waals surface area (Å²) >= 11 is 0. The van der Waals surface area contributed by atoms with Gasteiger partial charge in [-0.3, -0.25) is 0 Å². The number of hydrogen-bond donors (Lipinski definition) is 1. The van der Waals surface area contributed by atoms with Crippen LogP contribution in [0, 0.1) is 0 Å². The van der Waals surface area contributed by atoms with Gasteiger partial charge in [0, 0.05) is 12.0 Å². The fourth-order valence-corrected chi connectivity index (χ4v) is 1.94. The van der Waals surface area contributed by atoms with E-state index in [0.717, 1.165) is 6.07 Å². The van der Waals surface area contributed by atoms with Gasteiger partial charge in [0.05, 0.1) is 19.8 Å². The van der Waals surface area contributed by atoms with Crippen LogP contribution in [0.25, 0.3) is 0 Å². The van der Waals surface area contributed by atoms with Crippen molar-refractivity contribution in [2.24, 2.45) is 0 Å². The van der Waals surface area contributed by atoms with Gasteiger partial charge in [-0.2, -0.15) is 0 Å². The van der Waals surface area contributed by atoms with Crippen LogP contribution in [0.4, 0.5) is 18.0 Å². The molecular weight excluding hydrogens is 315 g/mol. The number of halogens is 4. The maximum atomic E-state index is 12.2. The first-order chi connectivity index (χ1) is 9.39. The van der Waals surface area contributed by atoms with E-state index in [4.69, 9.17) is 9.47 Å². The number of rotatable bonds is 3. The minimum atomic E-state index is -4.77. The zero-order valence-electron chi connectivity index (χ0n) is 10.9. The summed E-state index contributed by atoms with van der Waals surface area (Å²) in [7, 11) is 1.39. The molecule has 1 aliphatic rings. The molecule has 0 saturated carbocycles. The number of hydrogen-bond acceptors (Lipinski definition) is 4. The normalized spacial score (nSPS) is 18.1. The molecule has 1 N–H and O–H groups in total.